The van der Waals surface area contributed by atoms with Gasteiger partial charge in [-0.3, -0.25) is 4.98 Å². The van der Waals surface area contributed by atoms with E-state index in [0.29, 0.717) is 0 Å². The fourth-order valence-corrected chi connectivity index (χ4v) is 24.6. The SMILES string of the molecule is C.c1cc(-c2cnc3c4ccccc4c4ccccc4c3n2)cc(-c2cccc3c2sc2ccccc23)c1.c1ccc(-c2ccc(N(c3ccccc3)c3ccc(C4(c5ccccc5)c5ccccc5-c5ccccc54)cc3)cc2)cc1.c1ccc2c(c1)sc1c(-c3cc(-c4cccc5c4sc4ccccc45)cc(-c4cccc5c4sc4ccccc45)c3)cccc12. The van der Waals surface area contributed by atoms with Crippen LogP contribution >= 0.6 is 45.3 Å². The summed E-state index contributed by atoms with van der Waals surface area (Å²) in [5.74, 6) is 0. The van der Waals surface area contributed by atoms with Crippen LogP contribution in [-0.4, -0.2) is 9.97 Å². The van der Waals surface area contributed by atoms with E-state index in [-0.39, 0.29) is 7.43 Å². The summed E-state index contributed by atoms with van der Waals surface area (Å²) in [4.78, 5) is 12.5. The lowest BCUT2D eigenvalue weighted by molar-refractivity contribution is 0.768. The molecule has 3 nitrogen and oxygen atoms in total. The molecule has 0 N–H and O–H groups in total. The minimum atomic E-state index is -0.401. The number of anilines is 3. The molecule has 5 aromatic heterocycles. The number of nitrogens with zero attached hydrogens (tertiary/aromatic N) is 3. The molecule has 127 heavy (non-hydrogen) atoms. The Morgan fingerprint density at radius 3 is 0.961 bits per heavy atom. The van der Waals surface area contributed by atoms with Crippen LogP contribution in [0.15, 0.2) is 455 Å². The normalized spacial score (nSPS) is 12.1. The Balaban J connectivity index is 0.000000109. The van der Waals surface area contributed by atoms with Crippen molar-refractivity contribution in [3.63, 3.8) is 0 Å². The van der Waals surface area contributed by atoms with Gasteiger partial charge in [0, 0.05) is 114 Å². The van der Waals surface area contributed by atoms with E-state index in [2.05, 4.69) is 454 Å². The number of hydrogen-bond acceptors (Lipinski definition) is 7. The second-order valence-electron chi connectivity index (χ2n) is 32.4. The van der Waals surface area contributed by atoms with E-state index in [1.54, 1.807) is 0 Å². The molecule has 1 aliphatic carbocycles. The van der Waals surface area contributed by atoms with Gasteiger partial charge >= 0.3 is 0 Å². The van der Waals surface area contributed by atoms with E-state index in [1.165, 1.54) is 180 Å². The Kier molecular flexibility index (Phi) is 19.5. The molecule has 0 radical (unpaired) electrons. The van der Waals surface area contributed by atoms with Gasteiger partial charge in [-0.2, -0.15) is 0 Å². The first kappa shape index (κ1) is 76.8. The first-order valence-corrected chi connectivity index (χ1v) is 46.1. The molecule has 0 atom stereocenters. The van der Waals surface area contributed by atoms with Gasteiger partial charge in [0.25, 0.3) is 0 Å². The van der Waals surface area contributed by atoms with Gasteiger partial charge in [-0.25, -0.2) is 4.98 Å². The van der Waals surface area contributed by atoms with Crippen LogP contribution in [0.3, 0.4) is 0 Å². The predicted octanol–water partition coefficient (Wildman–Crippen LogP) is 35.3. The van der Waals surface area contributed by atoms with E-state index in [1.807, 2.05) is 51.5 Å². The van der Waals surface area contributed by atoms with Crippen LogP contribution in [-0.2, 0) is 5.41 Å². The van der Waals surface area contributed by atoms with Crippen molar-refractivity contribution < 1.29 is 0 Å². The quantitative estimate of drug-likeness (QED) is 0.121. The van der Waals surface area contributed by atoms with E-state index < -0.39 is 5.41 Å². The maximum absolute atomic E-state index is 5.20. The lowest BCUT2D eigenvalue weighted by Crippen LogP contribution is -2.28. The number of benzene rings is 20. The standard InChI is InChI=1S/C43H31N.C42H24S3.C34H20N2S.CH4/c1-4-14-32(15-5-1)33-24-28-37(29-25-33)44(36-18-8-3-9-19-36)38-30-26-35(27-31-38)43(34-16-6-2-7-17-34)41-22-12-10-20-39(41)40-21-11-13-23-42(40)43;1-4-19-37-31(10-1)34-16-7-13-28(40(34)43-37)25-22-26(29-14-8-17-35-32-11-2-5-20-38(32)44-41(29)35)24-27(23-25)30-15-9-18-36-33-12-3-6-21-39(33)45-42(30)36;1-3-14-27-24(11-1)25-12-2-4-15-28(25)33-32(27)35-20-30(36-33)22-10-7-9-21(19-22)23-16-8-17-29-26-13-5-6-18-31(26)37-34(23)29;/h1-31H;1-24H;1-20H;1H4. The van der Waals surface area contributed by atoms with E-state index >= 15 is 0 Å². The monoisotopic (exact) mass is 1690 g/mol. The van der Waals surface area contributed by atoms with Gasteiger partial charge in [0.1, 0.15) is 0 Å². The molecule has 0 saturated heterocycles. The molecule has 0 aliphatic heterocycles. The molecular formula is C120H79N3S4. The number of hydrogen-bond donors (Lipinski definition) is 0. The van der Waals surface area contributed by atoms with Gasteiger partial charge in [0.2, 0.25) is 0 Å². The van der Waals surface area contributed by atoms with Crippen LogP contribution in [0.2, 0.25) is 0 Å². The van der Waals surface area contributed by atoms with Gasteiger partial charge in [0.15, 0.2) is 0 Å². The van der Waals surface area contributed by atoms with Crippen LogP contribution in [0.5, 0.6) is 0 Å². The Labute approximate surface area is 752 Å². The minimum absolute atomic E-state index is 0. The second kappa shape index (κ2) is 32.2. The summed E-state index contributed by atoms with van der Waals surface area (Å²) in [5.41, 5.74) is 27.2. The Morgan fingerprint density at radius 1 is 0.205 bits per heavy atom. The molecule has 5 heterocycles. The molecule has 0 spiro atoms. The summed E-state index contributed by atoms with van der Waals surface area (Å²) < 4.78 is 10.7. The summed E-state index contributed by atoms with van der Waals surface area (Å²) in [6, 6.07) is 163. The van der Waals surface area contributed by atoms with Crippen molar-refractivity contribution in [1.29, 1.82) is 0 Å². The molecule has 0 saturated carbocycles. The third kappa shape index (κ3) is 13.2. The topological polar surface area (TPSA) is 29.0 Å². The smallest absolute Gasteiger partial charge is 0.0979 e. The van der Waals surface area contributed by atoms with Crippen LogP contribution in [0.1, 0.15) is 29.7 Å². The summed E-state index contributed by atoms with van der Waals surface area (Å²) in [7, 11) is 0. The predicted molar refractivity (Wildman–Crippen MR) is 550 cm³/mol. The zero-order chi connectivity index (χ0) is 83.2. The Morgan fingerprint density at radius 2 is 0.504 bits per heavy atom. The first-order valence-electron chi connectivity index (χ1n) is 42.8. The van der Waals surface area contributed by atoms with Gasteiger partial charge in [0.05, 0.1) is 28.3 Å². The highest BCUT2D eigenvalue weighted by Gasteiger charge is 2.46. The number of para-hydroxylation sites is 1. The Hall–Kier alpha value is -15.1. The Bertz CT molecular complexity index is 8140. The molecule has 26 rings (SSSR count). The third-order valence-corrected chi connectivity index (χ3v) is 30.2. The fourth-order valence-electron chi connectivity index (χ4n) is 19.6. The zero-order valence-corrected chi connectivity index (χ0v) is 71.5. The highest BCUT2D eigenvalue weighted by molar-refractivity contribution is 7.27. The first-order chi connectivity index (χ1) is 62.5. The molecule has 7 heteroatoms. The van der Waals surface area contributed by atoms with Gasteiger partial charge in [-0.05, 0) is 185 Å². The fraction of sp³-hybridized carbons (Fsp3) is 0.0167. The summed E-state index contributed by atoms with van der Waals surface area (Å²) in [6.45, 7) is 0. The van der Waals surface area contributed by atoms with Crippen molar-refractivity contribution in [2.45, 2.75) is 12.8 Å². The third-order valence-electron chi connectivity index (χ3n) is 25.3. The summed E-state index contributed by atoms with van der Waals surface area (Å²) in [6.07, 6.45) is 1.92. The average Bonchev–Trinajstić information content (AvgIpc) is 1.54. The molecule has 0 bridgehead atoms. The molecule has 0 amide bonds. The maximum atomic E-state index is 5.20. The van der Waals surface area contributed by atoms with Crippen molar-refractivity contribution in [3.05, 3.63) is 477 Å². The molecule has 0 fully saturated rings. The molecular weight excluding hydrogens is 1610 g/mol. The van der Waals surface area contributed by atoms with E-state index in [4.69, 9.17) is 9.97 Å². The summed E-state index contributed by atoms with van der Waals surface area (Å²) >= 11 is 7.57. The number of thiophene rings is 4. The lowest BCUT2D eigenvalue weighted by Gasteiger charge is -2.34. The largest absolute Gasteiger partial charge is 0.311 e. The van der Waals surface area contributed by atoms with Crippen molar-refractivity contribution >= 4 is 176 Å². The highest BCUT2D eigenvalue weighted by Crippen LogP contribution is 2.57. The van der Waals surface area contributed by atoms with E-state index in [0.717, 1.165) is 50.1 Å². The van der Waals surface area contributed by atoms with Crippen molar-refractivity contribution in [2.75, 3.05) is 4.90 Å². The van der Waals surface area contributed by atoms with Crippen LogP contribution in [0.25, 0.3) is 191 Å². The molecule has 0 unspecified atom stereocenters. The van der Waals surface area contributed by atoms with Gasteiger partial charge < -0.3 is 4.90 Å². The number of fused-ring (bicyclic) bond motifs is 21. The molecule has 25 aromatic rings. The summed E-state index contributed by atoms with van der Waals surface area (Å²) in [5, 5.41) is 15.3. The van der Waals surface area contributed by atoms with Crippen LogP contribution in [0, 0.1) is 0 Å². The number of aromatic nitrogens is 2. The van der Waals surface area contributed by atoms with Crippen LogP contribution in [0.4, 0.5) is 17.1 Å². The molecule has 598 valence electrons. The van der Waals surface area contributed by atoms with Crippen molar-refractivity contribution in [3.8, 4) is 78.0 Å². The van der Waals surface area contributed by atoms with Crippen molar-refractivity contribution in [1.82, 2.24) is 9.97 Å². The van der Waals surface area contributed by atoms with E-state index in [9.17, 15) is 0 Å². The number of rotatable bonds is 11. The van der Waals surface area contributed by atoms with Crippen LogP contribution < -0.4 is 4.90 Å². The molecule has 20 aromatic carbocycles. The van der Waals surface area contributed by atoms with Gasteiger partial charge in [-0.1, -0.05) is 371 Å². The average molecular weight is 1690 g/mol. The lowest BCUT2D eigenvalue weighted by atomic mass is 9.68. The van der Waals surface area contributed by atoms with Gasteiger partial charge in [-0.15, -0.1) is 45.3 Å². The highest BCUT2D eigenvalue weighted by atomic mass is 32.1. The zero-order valence-electron chi connectivity index (χ0n) is 68.3. The van der Waals surface area contributed by atoms with Crippen molar-refractivity contribution in [2.24, 2.45) is 0 Å². The molecule has 1 aliphatic rings. The second-order valence-corrected chi connectivity index (χ2v) is 36.6. The minimum Gasteiger partial charge on any atom is -0.311 e. The maximum Gasteiger partial charge on any atom is 0.0979 e.